The van der Waals surface area contributed by atoms with Crippen molar-refractivity contribution in [3.63, 3.8) is 0 Å². The van der Waals surface area contributed by atoms with Gasteiger partial charge in [0.25, 0.3) is 5.91 Å². The average molecular weight is 363 g/mol. The lowest BCUT2D eigenvalue weighted by molar-refractivity contribution is 0.0693. The van der Waals surface area contributed by atoms with E-state index in [4.69, 9.17) is 5.11 Å². The van der Waals surface area contributed by atoms with Crippen LogP contribution in [0.15, 0.2) is 60.7 Å². The van der Waals surface area contributed by atoms with Crippen LogP contribution in [0.3, 0.4) is 0 Å². The number of phenolic OH excluding ortho intramolecular Hbond substituents is 1. The summed E-state index contributed by atoms with van der Waals surface area (Å²) in [4.78, 5) is 14.8. The van der Waals surface area contributed by atoms with E-state index in [0.717, 1.165) is 21.9 Å². The number of carbonyl (C=O) groups is 1. The number of aromatic hydroxyl groups is 1. The fourth-order valence-electron chi connectivity index (χ4n) is 3.37. The third-order valence-electron chi connectivity index (χ3n) is 4.75. The lowest BCUT2D eigenvalue weighted by Crippen LogP contribution is -2.38. The standard InChI is InChI=1S/C23H25NO3/c1-16(2)24(13-6-14-25)23(27)19-9-5-8-18(15-19)22-20-10-4-3-7-17(20)11-12-21(22)26/h3-5,7-12,15-16,25-26H,6,13-14H2,1-2H3. The molecule has 0 aliphatic heterocycles. The summed E-state index contributed by atoms with van der Waals surface area (Å²) in [6.45, 7) is 4.50. The molecule has 0 atom stereocenters. The van der Waals surface area contributed by atoms with Gasteiger partial charge in [0.2, 0.25) is 0 Å². The average Bonchev–Trinajstić information content (AvgIpc) is 2.68. The van der Waals surface area contributed by atoms with Crippen LogP contribution < -0.4 is 0 Å². The predicted molar refractivity (Wildman–Crippen MR) is 109 cm³/mol. The number of hydrogen-bond acceptors (Lipinski definition) is 3. The number of carbonyl (C=O) groups excluding carboxylic acids is 1. The van der Waals surface area contributed by atoms with E-state index < -0.39 is 0 Å². The molecule has 2 N–H and O–H groups in total. The number of benzene rings is 3. The summed E-state index contributed by atoms with van der Waals surface area (Å²) in [6, 6.07) is 18.9. The minimum Gasteiger partial charge on any atom is -0.507 e. The summed E-state index contributed by atoms with van der Waals surface area (Å²) in [5.41, 5.74) is 2.11. The molecule has 27 heavy (non-hydrogen) atoms. The van der Waals surface area contributed by atoms with E-state index in [-0.39, 0.29) is 24.3 Å². The second kappa shape index (κ2) is 8.23. The summed E-state index contributed by atoms with van der Waals surface area (Å²) in [5, 5.41) is 21.6. The summed E-state index contributed by atoms with van der Waals surface area (Å²) in [6.07, 6.45) is 0.549. The molecule has 4 nitrogen and oxygen atoms in total. The van der Waals surface area contributed by atoms with Crippen LogP contribution in [0.4, 0.5) is 0 Å². The zero-order valence-electron chi connectivity index (χ0n) is 15.7. The van der Waals surface area contributed by atoms with Gasteiger partial charge in [0, 0.05) is 30.3 Å². The Morgan fingerprint density at radius 2 is 1.81 bits per heavy atom. The van der Waals surface area contributed by atoms with Crippen LogP contribution in [-0.4, -0.2) is 40.2 Å². The summed E-state index contributed by atoms with van der Waals surface area (Å²) >= 11 is 0. The molecule has 0 fully saturated rings. The molecule has 0 aliphatic carbocycles. The van der Waals surface area contributed by atoms with E-state index in [1.807, 2.05) is 62.4 Å². The third kappa shape index (κ3) is 3.96. The Balaban J connectivity index is 2.04. The molecule has 0 heterocycles. The number of nitrogens with zero attached hydrogens (tertiary/aromatic N) is 1. The minimum absolute atomic E-state index is 0.0404. The lowest BCUT2D eigenvalue weighted by Gasteiger charge is -2.27. The Bertz CT molecular complexity index is 949. The first-order valence-corrected chi connectivity index (χ1v) is 9.26. The molecule has 0 bridgehead atoms. The van der Waals surface area contributed by atoms with Crippen LogP contribution in [0.2, 0.25) is 0 Å². The summed E-state index contributed by atoms with van der Waals surface area (Å²) in [7, 11) is 0. The van der Waals surface area contributed by atoms with E-state index in [2.05, 4.69) is 0 Å². The number of hydrogen-bond donors (Lipinski definition) is 2. The van der Waals surface area contributed by atoms with Crippen molar-refractivity contribution in [2.24, 2.45) is 0 Å². The zero-order valence-corrected chi connectivity index (χ0v) is 15.7. The fourth-order valence-corrected chi connectivity index (χ4v) is 3.37. The normalized spacial score (nSPS) is 11.1. The molecule has 0 radical (unpaired) electrons. The van der Waals surface area contributed by atoms with Gasteiger partial charge in [-0.25, -0.2) is 0 Å². The van der Waals surface area contributed by atoms with Crippen molar-refractivity contribution in [2.75, 3.05) is 13.2 Å². The number of aliphatic hydroxyl groups is 1. The van der Waals surface area contributed by atoms with Crippen molar-refractivity contribution in [2.45, 2.75) is 26.3 Å². The number of amides is 1. The number of phenols is 1. The minimum atomic E-state index is -0.0694. The van der Waals surface area contributed by atoms with E-state index >= 15 is 0 Å². The van der Waals surface area contributed by atoms with Crippen molar-refractivity contribution >= 4 is 16.7 Å². The van der Waals surface area contributed by atoms with Gasteiger partial charge < -0.3 is 15.1 Å². The van der Waals surface area contributed by atoms with E-state index in [0.29, 0.717) is 18.5 Å². The molecule has 4 heteroatoms. The Hall–Kier alpha value is -2.85. The molecule has 0 saturated heterocycles. The van der Waals surface area contributed by atoms with Crippen LogP contribution in [0.25, 0.3) is 21.9 Å². The van der Waals surface area contributed by atoms with Gasteiger partial charge in [-0.2, -0.15) is 0 Å². The van der Waals surface area contributed by atoms with Crippen LogP contribution in [0.5, 0.6) is 5.75 Å². The van der Waals surface area contributed by atoms with Crippen molar-refractivity contribution < 1.29 is 15.0 Å². The van der Waals surface area contributed by atoms with Gasteiger partial charge in [-0.15, -0.1) is 0 Å². The molecule has 140 valence electrons. The van der Waals surface area contributed by atoms with Gasteiger partial charge in [-0.1, -0.05) is 42.5 Å². The largest absolute Gasteiger partial charge is 0.507 e. The van der Waals surface area contributed by atoms with Crippen LogP contribution in [0, 0.1) is 0 Å². The van der Waals surface area contributed by atoms with Crippen molar-refractivity contribution in [1.82, 2.24) is 4.90 Å². The second-order valence-electron chi connectivity index (χ2n) is 6.93. The Morgan fingerprint density at radius 1 is 1.04 bits per heavy atom. The molecule has 1 amide bonds. The maximum atomic E-state index is 13.0. The van der Waals surface area contributed by atoms with Gasteiger partial charge in [-0.3, -0.25) is 4.79 Å². The molecule has 3 rings (SSSR count). The highest BCUT2D eigenvalue weighted by molar-refractivity contribution is 6.01. The molecule has 0 aromatic heterocycles. The first-order valence-electron chi connectivity index (χ1n) is 9.26. The highest BCUT2D eigenvalue weighted by Crippen LogP contribution is 2.36. The summed E-state index contributed by atoms with van der Waals surface area (Å²) in [5.74, 6) is 0.124. The number of aliphatic hydroxyl groups excluding tert-OH is 1. The second-order valence-corrected chi connectivity index (χ2v) is 6.93. The zero-order chi connectivity index (χ0) is 19.4. The van der Waals surface area contributed by atoms with Gasteiger partial charge in [0.15, 0.2) is 0 Å². The maximum absolute atomic E-state index is 13.0. The highest BCUT2D eigenvalue weighted by atomic mass is 16.3. The molecule has 0 unspecified atom stereocenters. The number of fused-ring (bicyclic) bond motifs is 1. The lowest BCUT2D eigenvalue weighted by atomic mass is 9.95. The fraction of sp³-hybridized carbons (Fsp3) is 0.261. The molecule has 0 spiro atoms. The Morgan fingerprint density at radius 3 is 2.56 bits per heavy atom. The van der Waals surface area contributed by atoms with Gasteiger partial charge in [0.05, 0.1) is 0 Å². The van der Waals surface area contributed by atoms with Gasteiger partial charge in [0.1, 0.15) is 5.75 Å². The van der Waals surface area contributed by atoms with Crippen LogP contribution >= 0.6 is 0 Å². The van der Waals surface area contributed by atoms with Crippen molar-refractivity contribution in [3.8, 4) is 16.9 Å². The first-order chi connectivity index (χ1) is 13.0. The SMILES string of the molecule is CC(C)N(CCCO)C(=O)c1cccc(-c2c(O)ccc3ccccc23)c1. The van der Waals surface area contributed by atoms with Gasteiger partial charge in [-0.05, 0) is 54.8 Å². The molecule has 3 aromatic carbocycles. The van der Waals surface area contributed by atoms with Crippen molar-refractivity contribution in [3.05, 3.63) is 66.2 Å². The Kier molecular flexibility index (Phi) is 5.77. The third-order valence-corrected chi connectivity index (χ3v) is 4.75. The molecular formula is C23H25NO3. The smallest absolute Gasteiger partial charge is 0.254 e. The Labute approximate surface area is 159 Å². The molecule has 0 aliphatic rings. The first kappa shape index (κ1) is 18.9. The van der Waals surface area contributed by atoms with Gasteiger partial charge >= 0.3 is 0 Å². The maximum Gasteiger partial charge on any atom is 0.254 e. The molecule has 0 saturated carbocycles. The number of rotatable bonds is 6. The van der Waals surface area contributed by atoms with Crippen molar-refractivity contribution in [1.29, 1.82) is 0 Å². The monoisotopic (exact) mass is 363 g/mol. The van der Waals surface area contributed by atoms with E-state index in [9.17, 15) is 9.90 Å². The van der Waals surface area contributed by atoms with Crippen LogP contribution in [0.1, 0.15) is 30.6 Å². The highest BCUT2D eigenvalue weighted by Gasteiger charge is 2.19. The molecule has 3 aromatic rings. The predicted octanol–water partition coefficient (Wildman–Crippen LogP) is 4.45. The summed E-state index contributed by atoms with van der Waals surface area (Å²) < 4.78 is 0. The van der Waals surface area contributed by atoms with E-state index in [1.165, 1.54) is 0 Å². The molecular weight excluding hydrogens is 338 g/mol. The van der Waals surface area contributed by atoms with E-state index in [1.54, 1.807) is 17.0 Å². The topological polar surface area (TPSA) is 60.8 Å². The van der Waals surface area contributed by atoms with Crippen LogP contribution in [-0.2, 0) is 0 Å². The quantitative estimate of drug-likeness (QED) is 0.680.